The molecule has 0 radical (unpaired) electrons. The van der Waals surface area contributed by atoms with E-state index in [1.54, 1.807) is 0 Å². The van der Waals surface area contributed by atoms with Gasteiger partial charge in [0.2, 0.25) is 0 Å². The molecule has 0 heterocycles. The van der Waals surface area contributed by atoms with Crippen molar-refractivity contribution in [2.24, 2.45) is 0 Å². The van der Waals surface area contributed by atoms with Crippen LogP contribution < -0.4 is 4.89 Å². The Morgan fingerprint density at radius 3 is 0.640 bits per heavy atom. The highest BCUT2D eigenvalue weighted by Crippen LogP contribution is 2.38. The summed E-state index contributed by atoms with van der Waals surface area (Å²) in [4.78, 5) is 38.3. The number of rotatable bonds is 88. The summed E-state index contributed by atoms with van der Waals surface area (Å²) in [7, 11) is 1.20. The summed E-state index contributed by atoms with van der Waals surface area (Å²) in [6.07, 6.45) is 104. The van der Waals surface area contributed by atoms with Gasteiger partial charge in [-0.05, 0) is 12.8 Å². The molecule has 598 valence electrons. The Morgan fingerprint density at radius 1 is 0.270 bits per heavy atom. The van der Waals surface area contributed by atoms with Gasteiger partial charge in [-0.3, -0.25) is 14.2 Å². The van der Waals surface area contributed by atoms with Crippen LogP contribution in [0.2, 0.25) is 0 Å². The molecule has 0 aliphatic carbocycles. The number of carbonyl (C=O) groups is 2. The normalized spacial score (nSPS) is 12.8. The Morgan fingerprint density at radius 2 is 0.450 bits per heavy atom. The standard InChI is InChI=1S/C90H180NO8P/c1-6-8-10-12-14-16-18-20-22-24-26-28-30-32-34-36-38-40-42-44-45-47-49-51-53-55-57-59-61-63-65-67-69-71-73-75-77-79-81-83-90(93)99-88(87-98-100(94,95)97-85-84-91(3,4)5)86-96-89(92)82-80-78-76-74-72-70-68-66-64-62-60-58-56-54-52-50-48-46-43-41-39-37-35-33-31-29-27-25-23-21-19-17-15-13-11-9-7-2/h88H,6-87H2,1-5H3. The summed E-state index contributed by atoms with van der Waals surface area (Å²) in [5.74, 6) is -0.798. The number of phosphoric ester groups is 1. The maximum absolute atomic E-state index is 12.9. The smallest absolute Gasteiger partial charge is 0.306 e. The number of esters is 2. The monoisotopic (exact) mass is 1430 g/mol. The topological polar surface area (TPSA) is 111 Å². The van der Waals surface area contributed by atoms with Crippen molar-refractivity contribution >= 4 is 19.8 Å². The molecule has 0 aromatic heterocycles. The molecule has 0 aliphatic rings. The molecule has 0 saturated carbocycles. The fraction of sp³-hybridized carbons (Fsp3) is 0.978. The summed E-state index contributed by atoms with van der Waals surface area (Å²) in [5, 5.41) is 0. The number of hydrogen-bond donors (Lipinski definition) is 0. The molecule has 100 heavy (non-hydrogen) atoms. The van der Waals surface area contributed by atoms with E-state index in [-0.39, 0.29) is 32.0 Å². The van der Waals surface area contributed by atoms with Crippen LogP contribution in [0.5, 0.6) is 0 Å². The van der Waals surface area contributed by atoms with Crippen molar-refractivity contribution in [2.75, 3.05) is 47.5 Å². The van der Waals surface area contributed by atoms with Crippen LogP contribution in [0.4, 0.5) is 0 Å². The predicted octanol–water partition coefficient (Wildman–Crippen LogP) is 30.1. The van der Waals surface area contributed by atoms with Crippen LogP contribution in [-0.4, -0.2) is 70.0 Å². The molecule has 9 nitrogen and oxygen atoms in total. The second-order valence-electron chi connectivity index (χ2n) is 33.0. The third-order valence-electron chi connectivity index (χ3n) is 21.6. The number of likely N-dealkylation sites (N-methyl/N-ethyl adjacent to an activating group) is 1. The Kier molecular flexibility index (Phi) is 81.3. The van der Waals surface area contributed by atoms with E-state index >= 15 is 0 Å². The second kappa shape index (κ2) is 82.1. The first-order chi connectivity index (χ1) is 49.0. The van der Waals surface area contributed by atoms with E-state index in [1.165, 1.54) is 449 Å². The number of carbonyl (C=O) groups excluding carboxylic acids is 2. The zero-order valence-electron chi connectivity index (χ0n) is 68.7. The van der Waals surface area contributed by atoms with Crippen molar-refractivity contribution < 1.29 is 42.1 Å². The van der Waals surface area contributed by atoms with Crippen LogP contribution >= 0.6 is 7.82 Å². The maximum atomic E-state index is 12.9. The highest BCUT2D eigenvalue weighted by Gasteiger charge is 2.22. The lowest BCUT2D eigenvalue weighted by Crippen LogP contribution is -2.37. The summed E-state index contributed by atoms with van der Waals surface area (Å²) in [6.45, 7) is 4.36. The lowest BCUT2D eigenvalue weighted by Gasteiger charge is -2.28. The molecule has 0 bridgehead atoms. The lowest BCUT2D eigenvalue weighted by atomic mass is 10.0. The third-order valence-corrected chi connectivity index (χ3v) is 22.6. The van der Waals surface area contributed by atoms with Crippen LogP contribution in [0.3, 0.4) is 0 Å². The van der Waals surface area contributed by atoms with Gasteiger partial charge in [0.05, 0.1) is 27.7 Å². The molecule has 0 aliphatic heterocycles. The van der Waals surface area contributed by atoms with E-state index in [4.69, 9.17) is 18.5 Å². The summed E-state index contributed by atoms with van der Waals surface area (Å²) in [6, 6.07) is 0. The van der Waals surface area contributed by atoms with E-state index in [0.29, 0.717) is 17.4 Å². The maximum Gasteiger partial charge on any atom is 0.306 e. The second-order valence-corrected chi connectivity index (χ2v) is 34.5. The number of hydrogen-bond acceptors (Lipinski definition) is 8. The van der Waals surface area contributed by atoms with Gasteiger partial charge in [-0.2, -0.15) is 0 Å². The zero-order valence-corrected chi connectivity index (χ0v) is 69.6. The molecule has 10 heteroatoms. The lowest BCUT2D eigenvalue weighted by molar-refractivity contribution is -0.870. The summed E-state index contributed by atoms with van der Waals surface area (Å²) >= 11 is 0. The van der Waals surface area contributed by atoms with Gasteiger partial charge in [0, 0.05) is 12.8 Å². The van der Waals surface area contributed by atoms with Gasteiger partial charge in [0.1, 0.15) is 19.8 Å². The fourth-order valence-corrected chi connectivity index (χ4v) is 15.4. The first-order valence-corrected chi connectivity index (χ1v) is 47.2. The van der Waals surface area contributed by atoms with Gasteiger partial charge in [0.15, 0.2) is 6.10 Å². The minimum atomic E-state index is -4.64. The number of ether oxygens (including phenoxy) is 2. The molecule has 0 N–H and O–H groups in total. The largest absolute Gasteiger partial charge is 0.756 e. The average molecular weight is 1440 g/mol. The predicted molar refractivity (Wildman–Crippen MR) is 435 cm³/mol. The highest BCUT2D eigenvalue weighted by atomic mass is 31.2. The van der Waals surface area contributed by atoms with E-state index in [1.807, 2.05) is 21.1 Å². The first kappa shape index (κ1) is 99.0. The van der Waals surface area contributed by atoms with Crippen molar-refractivity contribution in [1.82, 2.24) is 0 Å². The third kappa shape index (κ3) is 85.9. The van der Waals surface area contributed by atoms with Crippen LogP contribution in [0.15, 0.2) is 0 Å². The van der Waals surface area contributed by atoms with E-state index in [9.17, 15) is 19.0 Å². The van der Waals surface area contributed by atoms with E-state index in [2.05, 4.69) is 13.8 Å². The molecule has 0 aromatic carbocycles. The highest BCUT2D eigenvalue weighted by molar-refractivity contribution is 7.45. The van der Waals surface area contributed by atoms with Crippen LogP contribution in [0.25, 0.3) is 0 Å². The van der Waals surface area contributed by atoms with E-state index in [0.717, 1.165) is 32.1 Å². The van der Waals surface area contributed by atoms with Crippen LogP contribution in [0.1, 0.15) is 515 Å². The fourth-order valence-electron chi connectivity index (χ4n) is 14.7. The number of nitrogens with zero attached hydrogens (tertiary/aromatic N) is 1. The first-order valence-electron chi connectivity index (χ1n) is 45.7. The molecule has 0 amide bonds. The molecule has 2 unspecified atom stereocenters. The van der Waals surface area contributed by atoms with Crippen LogP contribution in [0, 0.1) is 0 Å². The summed E-state index contributed by atoms with van der Waals surface area (Å²) in [5.41, 5.74) is 0. The van der Waals surface area contributed by atoms with Crippen molar-refractivity contribution in [1.29, 1.82) is 0 Å². The molecule has 0 saturated heterocycles. The molecular formula is C90H180NO8P. The average Bonchev–Trinajstić information content (AvgIpc) is 1.07. The van der Waals surface area contributed by atoms with Gasteiger partial charge in [-0.25, -0.2) is 0 Å². The Hall–Kier alpha value is -0.990. The quantitative estimate of drug-likeness (QED) is 0.0256. The van der Waals surface area contributed by atoms with Crippen molar-refractivity contribution in [3.05, 3.63) is 0 Å². The summed E-state index contributed by atoms with van der Waals surface area (Å²) < 4.78 is 34.5. The minimum absolute atomic E-state index is 0.0245. The zero-order chi connectivity index (χ0) is 72.5. The van der Waals surface area contributed by atoms with E-state index < -0.39 is 26.5 Å². The van der Waals surface area contributed by atoms with Gasteiger partial charge in [-0.15, -0.1) is 0 Å². The number of unbranched alkanes of at least 4 members (excludes halogenated alkanes) is 74. The minimum Gasteiger partial charge on any atom is -0.756 e. The van der Waals surface area contributed by atoms with Crippen molar-refractivity contribution in [3.8, 4) is 0 Å². The Labute approximate surface area is 626 Å². The Bertz CT molecular complexity index is 1640. The number of quaternary nitrogens is 1. The molecule has 0 spiro atoms. The molecular weight excluding hydrogens is 1250 g/mol. The number of phosphoric acid groups is 1. The van der Waals surface area contributed by atoms with Gasteiger partial charge < -0.3 is 27.9 Å². The molecule has 0 aromatic rings. The Balaban J connectivity index is 3.81. The van der Waals surface area contributed by atoms with Gasteiger partial charge in [0.25, 0.3) is 7.82 Å². The molecule has 2 atom stereocenters. The van der Waals surface area contributed by atoms with Gasteiger partial charge >= 0.3 is 11.9 Å². The molecule has 0 rings (SSSR count). The van der Waals surface area contributed by atoms with Gasteiger partial charge in [-0.1, -0.05) is 489 Å². The van der Waals surface area contributed by atoms with Crippen LogP contribution in [-0.2, 0) is 32.7 Å². The SMILES string of the molecule is CCCCCCCCCCCCCCCCCCCCCCCCCCCCCCCCCCCCCCCCCC(=O)OC(COC(=O)CCCCCCCCCCCCCCCCCCCCCCCCCCCCCCCCCCCCCCC)COP(=O)([O-])OCC[N+](C)(C)C. The molecule has 0 fully saturated rings. The van der Waals surface area contributed by atoms with Crippen molar-refractivity contribution in [2.45, 2.75) is 521 Å². The van der Waals surface area contributed by atoms with Crippen molar-refractivity contribution in [3.63, 3.8) is 0 Å².